The number of fused-ring (bicyclic) bond motifs is 2. The molecule has 2 aliphatic rings. The van der Waals surface area contributed by atoms with Crippen LogP contribution in [0.25, 0.3) is 0 Å². The summed E-state index contributed by atoms with van der Waals surface area (Å²) in [5, 5.41) is 6.81. The molecule has 2 saturated heterocycles. The van der Waals surface area contributed by atoms with Gasteiger partial charge >= 0.3 is 0 Å². The summed E-state index contributed by atoms with van der Waals surface area (Å²) >= 11 is 1.77. The van der Waals surface area contributed by atoms with Gasteiger partial charge in [-0.05, 0) is 43.8 Å². The molecule has 2 bridgehead atoms. The van der Waals surface area contributed by atoms with Crippen molar-refractivity contribution in [3.05, 3.63) is 0 Å². The lowest BCUT2D eigenvalue weighted by Crippen LogP contribution is -2.48. The smallest absolute Gasteiger partial charge is 0.230 e. The van der Waals surface area contributed by atoms with Crippen molar-refractivity contribution in [2.24, 2.45) is 5.92 Å². The molecule has 2 N–H and O–H groups in total. The Labute approximate surface area is 127 Å². The summed E-state index contributed by atoms with van der Waals surface area (Å²) in [7, 11) is 0. The van der Waals surface area contributed by atoms with E-state index in [1.165, 1.54) is 19.3 Å². The van der Waals surface area contributed by atoms with Crippen molar-refractivity contribution in [3.63, 3.8) is 0 Å². The van der Waals surface area contributed by atoms with Crippen LogP contribution in [0, 0.1) is 5.92 Å². The number of carbonyl (C=O) groups is 1. The Morgan fingerprint density at radius 1 is 1.32 bits per heavy atom. The number of nitrogens with one attached hydrogen (secondary N) is 2. The van der Waals surface area contributed by atoms with E-state index in [9.17, 15) is 4.79 Å². The van der Waals surface area contributed by atoms with E-state index in [0.29, 0.717) is 23.9 Å². The van der Waals surface area contributed by atoms with Gasteiger partial charge in [0.15, 0.2) is 0 Å². The maximum atomic E-state index is 11.8. The monoisotopic (exact) mass is 306 g/mol. The first kappa shape index (κ1) is 17.1. The molecular weight excluding hydrogens is 280 g/mol. The lowest BCUT2D eigenvalue weighted by atomic mass is 10.00. The molecule has 5 heteroatoms. The fourth-order valence-corrected chi connectivity index (χ4v) is 3.98. The number of piperidine rings is 1. The largest absolute Gasteiger partial charge is 0.353 e. The van der Waals surface area contributed by atoms with Crippen LogP contribution >= 0.6 is 24.2 Å². The zero-order chi connectivity index (χ0) is 13.0. The summed E-state index contributed by atoms with van der Waals surface area (Å²) in [6.45, 7) is 4.46. The van der Waals surface area contributed by atoms with E-state index >= 15 is 0 Å². The predicted octanol–water partition coefficient (Wildman–Crippen LogP) is 2.59. The van der Waals surface area contributed by atoms with E-state index in [4.69, 9.17) is 0 Å². The molecule has 2 unspecified atom stereocenters. The first-order chi connectivity index (χ1) is 8.63. The molecule has 1 amide bonds. The topological polar surface area (TPSA) is 41.1 Å². The Morgan fingerprint density at radius 3 is 2.53 bits per heavy atom. The summed E-state index contributed by atoms with van der Waals surface area (Å²) in [5.74, 6) is 2.70. The third kappa shape index (κ3) is 5.92. The quantitative estimate of drug-likeness (QED) is 0.741. The molecule has 2 rings (SSSR count). The summed E-state index contributed by atoms with van der Waals surface area (Å²) in [5.41, 5.74) is 0. The molecule has 2 aliphatic heterocycles. The van der Waals surface area contributed by atoms with Crippen LogP contribution in [0.1, 0.15) is 46.0 Å². The van der Waals surface area contributed by atoms with Gasteiger partial charge in [-0.3, -0.25) is 4.79 Å². The summed E-state index contributed by atoms with van der Waals surface area (Å²) in [4.78, 5) is 11.8. The van der Waals surface area contributed by atoms with E-state index in [1.807, 2.05) is 0 Å². The summed E-state index contributed by atoms with van der Waals surface area (Å²) in [6, 6.07) is 1.73. The molecule has 0 spiro atoms. The molecule has 19 heavy (non-hydrogen) atoms. The average molecular weight is 307 g/mol. The van der Waals surface area contributed by atoms with Crippen LogP contribution < -0.4 is 10.6 Å². The van der Waals surface area contributed by atoms with Crippen LogP contribution in [0.2, 0.25) is 0 Å². The number of hydrogen-bond donors (Lipinski definition) is 2. The molecule has 0 aromatic carbocycles. The third-order valence-electron chi connectivity index (χ3n) is 3.91. The Balaban J connectivity index is 0.00000180. The minimum atomic E-state index is 0. The Kier molecular flexibility index (Phi) is 7.55. The van der Waals surface area contributed by atoms with E-state index in [1.54, 1.807) is 11.8 Å². The predicted molar refractivity (Wildman–Crippen MR) is 85.1 cm³/mol. The Morgan fingerprint density at radius 2 is 1.95 bits per heavy atom. The van der Waals surface area contributed by atoms with Gasteiger partial charge < -0.3 is 10.6 Å². The van der Waals surface area contributed by atoms with E-state index in [2.05, 4.69) is 24.5 Å². The highest BCUT2D eigenvalue weighted by atomic mass is 35.5. The van der Waals surface area contributed by atoms with Crippen LogP contribution in [-0.2, 0) is 4.79 Å². The summed E-state index contributed by atoms with van der Waals surface area (Å²) < 4.78 is 0. The van der Waals surface area contributed by atoms with Crippen molar-refractivity contribution in [3.8, 4) is 0 Å². The van der Waals surface area contributed by atoms with Crippen molar-refractivity contribution in [1.29, 1.82) is 0 Å². The van der Waals surface area contributed by atoms with E-state index in [-0.39, 0.29) is 18.3 Å². The molecule has 0 aliphatic carbocycles. The van der Waals surface area contributed by atoms with Crippen molar-refractivity contribution in [2.45, 2.75) is 64.1 Å². The van der Waals surface area contributed by atoms with E-state index in [0.717, 1.165) is 24.5 Å². The molecule has 3 nitrogen and oxygen atoms in total. The summed E-state index contributed by atoms with van der Waals surface area (Å²) in [6.07, 6.45) is 6.04. The number of carbonyl (C=O) groups excluding carboxylic acids is 1. The van der Waals surface area contributed by atoms with Gasteiger partial charge in [-0.2, -0.15) is 11.8 Å². The van der Waals surface area contributed by atoms with Crippen LogP contribution in [0.15, 0.2) is 0 Å². The zero-order valence-electron chi connectivity index (χ0n) is 12.0. The molecule has 0 radical (unpaired) electrons. The SMILES string of the molecule is CC(C)CCSCC(=O)NC1CC2CCC(C1)N2.Cl. The number of amides is 1. The first-order valence-electron chi connectivity index (χ1n) is 7.26. The van der Waals surface area contributed by atoms with Gasteiger partial charge in [0.25, 0.3) is 0 Å². The lowest BCUT2D eigenvalue weighted by Gasteiger charge is -2.29. The highest BCUT2D eigenvalue weighted by Gasteiger charge is 2.33. The number of halogens is 1. The van der Waals surface area contributed by atoms with Crippen molar-refractivity contribution < 1.29 is 4.79 Å². The molecule has 0 aromatic rings. The lowest BCUT2D eigenvalue weighted by molar-refractivity contribution is -0.119. The van der Waals surface area contributed by atoms with Crippen LogP contribution in [0.4, 0.5) is 0 Å². The second kappa shape index (κ2) is 8.38. The standard InChI is InChI=1S/C14H26N2OS.ClH/c1-10(2)5-6-18-9-14(17)16-13-7-11-3-4-12(8-13)15-11;/h10-13,15H,3-9H2,1-2H3,(H,16,17);1H. The molecule has 2 atom stereocenters. The Hall–Kier alpha value is 0.0700. The van der Waals surface area contributed by atoms with Crippen molar-refractivity contribution >= 4 is 30.1 Å². The molecule has 2 fully saturated rings. The number of hydrogen-bond acceptors (Lipinski definition) is 3. The minimum absolute atomic E-state index is 0. The molecule has 112 valence electrons. The fraction of sp³-hybridized carbons (Fsp3) is 0.929. The maximum absolute atomic E-state index is 11.8. The second-order valence-electron chi connectivity index (χ2n) is 6.11. The van der Waals surface area contributed by atoms with Gasteiger partial charge in [0, 0.05) is 18.1 Å². The highest BCUT2D eigenvalue weighted by molar-refractivity contribution is 7.99. The van der Waals surface area contributed by atoms with E-state index < -0.39 is 0 Å². The van der Waals surface area contributed by atoms with Crippen molar-refractivity contribution in [1.82, 2.24) is 10.6 Å². The number of thioether (sulfide) groups is 1. The van der Waals surface area contributed by atoms with Crippen LogP contribution in [0.3, 0.4) is 0 Å². The van der Waals surface area contributed by atoms with Gasteiger partial charge in [-0.25, -0.2) is 0 Å². The number of rotatable bonds is 6. The van der Waals surface area contributed by atoms with Gasteiger partial charge in [0.1, 0.15) is 0 Å². The minimum Gasteiger partial charge on any atom is -0.353 e. The second-order valence-corrected chi connectivity index (χ2v) is 7.21. The first-order valence-corrected chi connectivity index (χ1v) is 8.42. The molecular formula is C14H27ClN2OS. The van der Waals surface area contributed by atoms with Crippen molar-refractivity contribution in [2.75, 3.05) is 11.5 Å². The zero-order valence-corrected chi connectivity index (χ0v) is 13.6. The third-order valence-corrected chi connectivity index (χ3v) is 4.90. The maximum Gasteiger partial charge on any atom is 0.230 e. The van der Waals surface area contributed by atoms with Crippen LogP contribution in [-0.4, -0.2) is 35.5 Å². The molecule has 2 heterocycles. The Bertz CT molecular complexity index is 277. The van der Waals surface area contributed by atoms with Gasteiger partial charge in [0.05, 0.1) is 5.75 Å². The van der Waals surface area contributed by atoms with Gasteiger partial charge in [-0.1, -0.05) is 13.8 Å². The van der Waals surface area contributed by atoms with Gasteiger partial charge in [-0.15, -0.1) is 12.4 Å². The highest BCUT2D eigenvalue weighted by Crippen LogP contribution is 2.26. The molecule has 0 saturated carbocycles. The normalized spacial score (nSPS) is 29.1. The molecule has 0 aromatic heterocycles. The average Bonchev–Trinajstić information content (AvgIpc) is 2.64. The van der Waals surface area contributed by atoms with Crippen LogP contribution in [0.5, 0.6) is 0 Å². The fourth-order valence-electron chi connectivity index (χ4n) is 2.93. The van der Waals surface area contributed by atoms with Gasteiger partial charge in [0.2, 0.25) is 5.91 Å².